The minimum absolute atomic E-state index is 0.0148. The van der Waals surface area contributed by atoms with E-state index in [0.717, 1.165) is 31.6 Å². The number of Topliss-reactive ketones (excluding diaryl/α,β-unsaturated/α-hetero) is 1. The first-order valence-electron chi connectivity index (χ1n) is 7.26. The second kappa shape index (κ2) is 5.87. The van der Waals surface area contributed by atoms with E-state index in [4.69, 9.17) is 4.74 Å². The molecule has 0 spiro atoms. The number of rotatable bonds is 4. The Bertz CT molecular complexity index is 443. The van der Waals surface area contributed by atoms with Gasteiger partial charge in [-0.05, 0) is 31.2 Å². The van der Waals surface area contributed by atoms with Gasteiger partial charge in [-0.15, -0.1) is 0 Å². The van der Waals surface area contributed by atoms with E-state index in [1.165, 1.54) is 0 Å². The molecule has 0 aromatic carbocycles. The van der Waals surface area contributed by atoms with Crippen molar-refractivity contribution in [1.29, 1.82) is 0 Å². The number of aromatic nitrogens is 2. The van der Waals surface area contributed by atoms with Crippen LogP contribution in [0.4, 0.5) is 0 Å². The normalized spacial score (nSPS) is 20.2. The second-order valence-corrected chi connectivity index (χ2v) is 5.89. The third-order valence-corrected chi connectivity index (χ3v) is 3.55. The van der Waals surface area contributed by atoms with Crippen molar-refractivity contribution in [2.24, 2.45) is 5.92 Å². The molecule has 1 aromatic rings. The van der Waals surface area contributed by atoms with Gasteiger partial charge in [0.15, 0.2) is 12.0 Å². The number of hydrogen-bond donors (Lipinski definition) is 0. The highest BCUT2D eigenvalue weighted by Gasteiger charge is 2.25. The Morgan fingerprint density at radius 1 is 1.37 bits per heavy atom. The molecule has 1 aliphatic heterocycles. The van der Waals surface area contributed by atoms with E-state index in [9.17, 15) is 4.79 Å². The Hall–Kier alpha value is -1.16. The summed E-state index contributed by atoms with van der Waals surface area (Å²) in [5.74, 6) is 0.455. The monoisotopic (exact) mass is 264 g/mol. The average Bonchev–Trinajstić information content (AvgIpc) is 2.83. The SMILES string of the molecule is CC(C)C(=O)c1cc(C(C)C)nn1C1CCCCO1. The lowest BCUT2D eigenvalue weighted by Crippen LogP contribution is -2.24. The van der Waals surface area contributed by atoms with Gasteiger partial charge in [0, 0.05) is 12.5 Å². The quantitative estimate of drug-likeness (QED) is 0.781. The fourth-order valence-corrected chi connectivity index (χ4v) is 2.31. The van der Waals surface area contributed by atoms with Crippen molar-refractivity contribution in [3.05, 3.63) is 17.5 Å². The van der Waals surface area contributed by atoms with Gasteiger partial charge in [-0.25, -0.2) is 4.68 Å². The molecule has 1 aliphatic rings. The largest absolute Gasteiger partial charge is 0.356 e. The van der Waals surface area contributed by atoms with Crippen molar-refractivity contribution in [3.63, 3.8) is 0 Å². The molecule has 1 fully saturated rings. The zero-order chi connectivity index (χ0) is 14.0. The molecular formula is C15H24N2O2. The molecule has 2 rings (SSSR count). The summed E-state index contributed by atoms with van der Waals surface area (Å²) in [4.78, 5) is 12.3. The first kappa shape index (κ1) is 14.3. The van der Waals surface area contributed by atoms with E-state index in [1.807, 2.05) is 24.6 Å². The predicted molar refractivity (Wildman–Crippen MR) is 74.3 cm³/mol. The van der Waals surface area contributed by atoms with Crippen molar-refractivity contribution in [1.82, 2.24) is 9.78 Å². The molecular weight excluding hydrogens is 240 g/mol. The summed E-state index contributed by atoms with van der Waals surface area (Å²) in [5, 5.41) is 4.61. The lowest BCUT2D eigenvalue weighted by Gasteiger charge is -2.24. The van der Waals surface area contributed by atoms with Crippen LogP contribution in [0.25, 0.3) is 0 Å². The molecule has 2 heterocycles. The minimum Gasteiger partial charge on any atom is -0.356 e. The van der Waals surface area contributed by atoms with E-state index in [1.54, 1.807) is 0 Å². The van der Waals surface area contributed by atoms with Gasteiger partial charge in [-0.3, -0.25) is 4.79 Å². The highest BCUT2D eigenvalue weighted by Crippen LogP contribution is 2.26. The van der Waals surface area contributed by atoms with Crippen molar-refractivity contribution >= 4 is 5.78 Å². The van der Waals surface area contributed by atoms with E-state index in [0.29, 0.717) is 11.6 Å². The van der Waals surface area contributed by atoms with Crippen LogP contribution >= 0.6 is 0 Å². The van der Waals surface area contributed by atoms with Crippen molar-refractivity contribution in [2.45, 2.75) is 59.1 Å². The highest BCUT2D eigenvalue weighted by molar-refractivity contribution is 5.96. The number of hydrogen-bond acceptors (Lipinski definition) is 3. The van der Waals surface area contributed by atoms with Crippen LogP contribution in [-0.4, -0.2) is 22.2 Å². The molecule has 1 aromatic heterocycles. The standard InChI is InChI=1S/C15H24N2O2/c1-10(2)12-9-13(15(18)11(3)4)17(16-12)14-7-5-6-8-19-14/h9-11,14H,5-8H2,1-4H3. The van der Waals surface area contributed by atoms with Crippen LogP contribution in [0.15, 0.2) is 6.07 Å². The first-order valence-corrected chi connectivity index (χ1v) is 7.26. The van der Waals surface area contributed by atoms with Gasteiger partial charge in [0.2, 0.25) is 0 Å². The number of carbonyl (C=O) groups is 1. The van der Waals surface area contributed by atoms with Gasteiger partial charge in [0.25, 0.3) is 0 Å². The average molecular weight is 264 g/mol. The Kier molecular flexibility index (Phi) is 4.40. The van der Waals surface area contributed by atoms with Crippen LogP contribution in [0.5, 0.6) is 0 Å². The maximum absolute atomic E-state index is 12.3. The first-order chi connectivity index (χ1) is 9.00. The number of ether oxygens (including phenoxy) is 1. The molecule has 4 heteroatoms. The van der Waals surface area contributed by atoms with Crippen LogP contribution in [0, 0.1) is 5.92 Å². The molecule has 106 valence electrons. The molecule has 0 N–H and O–H groups in total. The maximum Gasteiger partial charge on any atom is 0.183 e. The Morgan fingerprint density at radius 2 is 2.11 bits per heavy atom. The van der Waals surface area contributed by atoms with E-state index in [2.05, 4.69) is 18.9 Å². The number of nitrogens with zero attached hydrogens (tertiary/aromatic N) is 2. The Labute approximate surface area is 115 Å². The van der Waals surface area contributed by atoms with Gasteiger partial charge < -0.3 is 4.74 Å². The van der Waals surface area contributed by atoms with Crippen LogP contribution in [0.1, 0.15) is 75.3 Å². The number of carbonyl (C=O) groups excluding carboxylic acids is 1. The maximum atomic E-state index is 12.3. The topological polar surface area (TPSA) is 44.1 Å². The molecule has 1 unspecified atom stereocenters. The molecule has 0 bridgehead atoms. The van der Waals surface area contributed by atoms with Crippen molar-refractivity contribution in [3.8, 4) is 0 Å². The fraction of sp³-hybridized carbons (Fsp3) is 0.733. The summed E-state index contributed by atoms with van der Waals surface area (Å²) >= 11 is 0. The molecule has 1 atom stereocenters. The van der Waals surface area contributed by atoms with Gasteiger partial charge in [-0.2, -0.15) is 5.10 Å². The zero-order valence-electron chi connectivity index (χ0n) is 12.3. The lowest BCUT2D eigenvalue weighted by atomic mass is 10.0. The summed E-state index contributed by atoms with van der Waals surface area (Å²) in [6.07, 6.45) is 3.11. The van der Waals surface area contributed by atoms with E-state index in [-0.39, 0.29) is 17.9 Å². The summed E-state index contributed by atoms with van der Waals surface area (Å²) < 4.78 is 7.59. The molecule has 0 aliphatic carbocycles. The fourth-order valence-electron chi connectivity index (χ4n) is 2.31. The van der Waals surface area contributed by atoms with Gasteiger partial charge in [-0.1, -0.05) is 27.7 Å². The number of ketones is 1. The molecule has 0 radical (unpaired) electrons. The second-order valence-electron chi connectivity index (χ2n) is 5.89. The molecule has 1 saturated heterocycles. The third kappa shape index (κ3) is 3.06. The van der Waals surface area contributed by atoms with Gasteiger partial charge in [0.1, 0.15) is 5.69 Å². The van der Waals surface area contributed by atoms with Crippen molar-refractivity contribution < 1.29 is 9.53 Å². The van der Waals surface area contributed by atoms with Crippen LogP contribution < -0.4 is 0 Å². The Balaban J connectivity index is 2.36. The zero-order valence-corrected chi connectivity index (χ0v) is 12.3. The predicted octanol–water partition coefficient (Wildman–Crippen LogP) is 3.54. The van der Waals surface area contributed by atoms with Gasteiger partial charge in [0.05, 0.1) is 5.69 Å². The third-order valence-electron chi connectivity index (χ3n) is 3.55. The van der Waals surface area contributed by atoms with Crippen molar-refractivity contribution in [2.75, 3.05) is 6.61 Å². The molecule has 4 nitrogen and oxygen atoms in total. The van der Waals surface area contributed by atoms with Crippen LogP contribution in [0.3, 0.4) is 0 Å². The Morgan fingerprint density at radius 3 is 2.63 bits per heavy atom. The highest BCUT2D eigenvalue weighted by atomic mass is 16.5. The minimum atomic E-state index is -0.0704. The molecule has 0 saturated carbocycles. The molecule has 0 amide bonds. The smallest absolute Gasteiger partial charge is 0.183 e. The van der Waals surface area contributed by atoms with Gasteiger partial charge >= 0.3 is 0 Å². The van der Waals surface area contributed by atoms with Crippen LogP contribution in [-0.2, 0) is 4.74 Å². The van der Waals surface area contributed by atoms with E-state index < -0.39 is 0 Å². The lowest BCUT2D eigenvalue weighted by molar-refractivity contribution is -0.0408. The summed E-state index contributed by atoms with van der Waals surface area (Å²) in [6, 6.07) is 1.94. The summed E-state index contributed by atoms with van der Waals surface area (Å²) in [6.45, 7) is 8.81. The van der Waals surface area contributed by atoms with E-state index >= 15 is 0 Å². The van der Waals surface area contributed by atoms with Crippen LogP contribution in [0.2, 0.25) is 0 Å². The summed E-state index contributed by atoms with van der Waals surface area (Å²) in [7, 11) is 0. The summed E-state index contributed by atoms with van der Waals surface area (Å²) in [5.41, 5.74) is 1.67. The molecule has 19 heavy (non-hydrogen) atoms.